The maximum absolute atomic E-state index is 5.77. The first-order valence-electron chi connectivity index (χ1n) is 4.17. The fourth-order valence-electron chi connectivity index (χ4n) is 1.16. The molecule has 1 unspecified atom stereocenters. The van der Waals surface area contributed by atoms with Crippen molar-refractivity contribution >= 4 is 27.5 Å². The lowest BCUT2D eigenvalue weighted by molar-refractivity contribution is 0.396. The van der Waals surface area contributed by atoms with Gasteiger partial charge in [0.25, 0.3) is 0 Å². The molecule has 2 heterocycles. The number of halogens is 2. The van der Waals surface area contributed by atoms with Gasteiger partial charge < -0.3 is 4.74 Å². The summed E-state index contributed by atoms with van der Waals surface area (Å²) in [5.41, 5.74) is 1.20. The van der Waals surface area contributed by atoms with Gasteiger partial charge in [-0.05, 0) is 40.4 Å². The number of nitrogens with zero attached hydrogens (tertiary/aromatic N) is 1. The van der Waals surface area contributed by atoms with Crippen molar-refractivity contribution in [3.05, 3.63) is 27.5 Å². The molecule has 0 bridgehead atoms. The van der Waals surface area contributed by atoms with Crippen molar-refractivity contribution in [1.82, 2.24) is 4.98 Å². The Bertz CT molecular complexity index is 314. The maximum atomic E-state index is 5.77. The molecule has 1 aromatic heterocycles. The number of aryl methyl sites for hydroxylation is 1. The van der Waals surface area contributed by atoms with Crippen LogP contribution in [0.1, 0.15) is 12.0 Å². The van der Waals surface area contributed by atoms with E-state index in [4.69, 9.17) is 16.3 Å². The van der Waals surface area contributed by atoms with Crippen molar-refractivity contribution < 1.29 is 4.74 Å². The summed E-state index contributed by atoms with van der Waals surface area (Å²) >= 11 is 9.12. The van der Waals surface area contributed by atoms with Crippen LogP contribution in [0.25, 0.3) is 0 Å². The minimum atomic E-state index is 0.481. The molecule has 0 saturated carbocycles. The molecule has 1 atom stereocenters. The zero-order valence-electron chi connectivity index (χ0n) is 6.96. The molecule has 0 aliphatic carbocycles. The smallest absolute Gasteiger partial charge is 0.143 e. The fraction of sp³-hybridized carbons (Fsp3) is 0.444. The van der Waals surface area contributed by atoms with E-state index < -0.39 is 0 Å². The monoisotopic (exact) mass is 261 g/mol. The van der Waals surface area contributed by atoms with Crippen LogP contribution in [0.3, 0.4) is 0 Å². The average molecular weight is 263 g/mol. The second kappa shape index (κ2) is 3.95. The Morgan fingerprint density at radius 1 is 1.69 bits per heavy atom. The molecule has 13 heavy (non-hydrogen) atoms. The first-order chi connectivity index (χ1) is 6.25. The lowest BCUT2D eigenvalue weighted by Crippen LogP contribution is -1.92. The number of hydrogen-bond acceptors (Lipinski definition) is 2. The summed E-state index contributed by atoms with van der Waals surface area (Å²) in [5.74, 6) is 0. The molecule has 0 N–H and O–H groups in total. The maximum Gasteiger partial charge on any atom is 0.143 e. The van der Waals surface area contributed by atoms with E-state index in [9.17, 15) is 0 Å². The molecule has 2 rings (SSSR count). The van der Waals surface area contributed by atoms with Gasteiger partial charge in [0.2, 0.25) is 0 Å². The zero-order valence-corrected chi connectivity index (χ0v) is 9.31. The van der Waals surface area contributed by atoms with Gasteiger partial charge in [0, 0.05) is 6.20 Å². The van der Waals surface area contributed by atoms with Gasteiger partial charge in [-0.1, -0.05) is 11.6 Å². The number of epoxide rings is 1. The van der Waals surface area contributed by atoms with E-state index >= 15 is 0 Å². The molecule has 0 aromatic carbocycles. The molecule has 2 nitrogen and oxygen atoms in total. The van der Waals surface area contributed by atoms with E-state index in [2.05, 4.69) is 20.9 Å². The van der Waals surface area contributed by atoms with Crippen molar-refractivity contribution in [3.8, 4) is 0 Å². The number of ether oxygens (including phenoxy) is 1. The highest BCUT2D eigenvalue weighted by Crippen LogP contribution is 2.22. The number of pyridine rings is 1. The predicted molar refractivity (Wildman–Crippen MR) is 55.0 cm³/mol. The van der Waals surface area contributed by atoms with E-state index in [1.807, 2.05) is 12.3 Å². The molecule has 1 saturated heterocycles. The standard InChI is InChI=1S/C9H9BrClNO/c10-8-3-6(4-12-9(8)11)1-2-7-5-13-7/h3-4,7H,1-2,5H2. The van der Waals surface area contributed by atoms with Gasteiger partial charge in [-0.15, -0.1) is 0 Å². The molecule has 70 valence electrons. The Labute approximate surface area is 90.4 Å². The van der Waals surface area contributed by atoms with Crippen LogP contribution in [0, 0.1) is 0 Å². The molecule has 1 aliphatic rings. The van der Waals surface area contributed by atoms with Crippen LogP contribution in [-0.4, -0.2) is 17.7 Å². The molecular weight excluding hydrogens is 253 g/mol. The summed E-state index contributed by atoms with van der Waals surface area (Å²) in [4.78, 5) is 4.05. The highest BCUT2D eigenvalue weighted by molar-refractivity contribution is 9.10. The average Bonchev–Trinajstić information content (AvgIpc) is 2.91. The third-order valence-corrected chi connectivity index (χ3v) is 3.14. The molecule has 1 fully saturated rings. The van der Waals surface area contributed by atoms with Gasteiger partial charge in [0.15, 0.2) is 0 Å². The van der Waals surface area contributed by atoms with Crippen LogP contribution in [-0.2, 0) is 11.2 Å². The number of aromatic nitrogens is 1. The predicted octanol–water partition coefficient (Wildman–Crippen LogP) is 2.83. The SMILES string of the molecule is Clc1ncc(CCC2CO2)cc1Br. The van der Waals surface area contributed by atoms with Crippen molar-refractivity contribution in [2.24, 2.45) is 0 Å². The lowest BCUT2D eigenvalue weighted by atomic mass is 10.1. The van der Waals surface area contributed by atoms with Crippen LogP contribution < -0.4 is 0 Å². The van der Waals surface area contributed by atoms with Crippen molar-refractivity contribution in [3.63, 3.8) is 0 Å². The van der Waals surface area contributed by atoms with Gasteiger partial charge in [-0.25, -0.2) is 4.98 Å². The van der Waals surface area contributed by atoms with Crippen LogP contribution in [0.4, 0.5) is 0 Å². The van der Waals surface area contributed by atoms with Crippen LogP contribution in [0.15, 0.2) is 16.7 Å². The summed E-state index contributed by atoms with van der Waals surface area (Å²) in [6.07, 6.45) is 4.38. The molecule has 0 spiro atoms. The molecule has 0 amide bonds. The third-order valence-electron chi connectivity index (χ3n) is 2.01. The van der Waals surface area contributed by atoms with Gasteiger partial charge in [0.05, 0.1) is 17.2 Å². The molecular formula is C9H9BrClNO. The van der Waals surface area contributed by atoms with E-state index in [-0.39, 0.29) is 0 Å². The first kappa shape index (κ1) is 9.44. The van der Waals surface area contributed by atoms with Gasteiger partial charge >= 0.3 is 0 Å². The highest BCUT2D eigenvalue weighted by Gasteiger charge is 2.21. The topological polar surface area (TPSA) is 25.4 Å². The Hall–Kier alpha value is -0.120. The second-order valence-electron chi connectivity index (χ2n) is 3.11. The van der Waals surface area contributed by atoms with Crippen molar-refractivity contribution in [2.75, 3.05) is 6.61 Å². The summed E-state index contributed by atoms with van der Waals surface area (Å²) < 4.78 is 5.99. The molecule has 4 heteroatoms. The summed E-state index contributed by atoms with van der Waals surface area (Å²) in [5, 5.41) is 0.520. The zero-order chi connectivity index (χ0) is 9.26. The normalized spacial score (nSPS) is 20.3. The van der Waals surface area contributed by atoms with E-state index in [0.717, 1.165) is 23.9 Å². The van der Waals surface area contributed by atoms with Gasteiger partial charge in [-0.3, -0.25) is 0 Å². The van der Waals surface area contributed by atoms with Crippen molar-refractivity contribution in [1.29, 1.82) is 0 Å². The quantitative estimate of drug-likeness (QED) is 0.618. The minimum absolute atomic E-state index is 0.481. The summed E-state index contributed by atoms with van der Waals surface area (Å²) in [7, 11) is 0. The number of hydrogen-bond donors (Lipinski definition) is 0. The number of rotatable bonds is 3. The molecule has 0 radical (unpaired) electrons. The van der Waals surface area contributed by atoms with E-state index in [1.165, 1.54) is 5.56 Å². The largest absolute Gasteiger partial charge is 0.373 e. The molecule has 1 aliphatic heterocycles. The van der Waals surface area contributed by atoms with Gasteiger partial charge in [-0.2, -0.15) is 0 Å². The van der Waals surface area contributed by atoms with Crippen LogP contribution >= 0.6 is 27.5 Å². The summed E-state index contributed by atoms with van der Waals surface area (Å²) in [6, 6.07) is 2.01. The fourth-order valence-corrected chi connectivity index (χ4v) is 1.66. The lowest BCUT2D eigenvalue weighted by Gasteiger charge is -2.00. The highest BCUT2D eigenvalue weighted by atomic mass is 79.9. The Kier molecular flexibility index (Phi) is 2.86. The Balaban J connectivity index is 1.98. The third kappa shape index (κ3) is 2.66. The van der Waals surface area contributed by atoms with Crippen molar-refractivity contribution in [2.45, 2.75) is 18.9 Å². The minimum Gasteiger partial charge on any atom is -0.373 e. The van der Waals surface area contributed by atoms with Crippen LogP contribution in [0.2, 0.25) is 5.15 Å². The summed E-state index contributed by atoms with van der Waals surface area (Å²) in [6.45, 7) is 0.919. The van der Waals surface area contributed by atoms with E-state index in [0.29, 0.717) is 11.3 Å². The van der Waals surface area contributed by atoms with Gasteiger partial charge in [0.1, 0.15) is 5.15 Å². The Morgan fingerprint density at radius 2 is 2.46 bits per heavy atom. The first-order valence-corrected chi connectivity index (χ1v) is 5.34. The molecule has 1 aromatic rings. The van der Waals surface area contributed by atoms with E-state index in [1.54, 1.807) is 0 Å². The Morgan fingerprint density at radius 3 is 3.08 bits per heavy atom. The van der Waals surface area contributed by atoms with Crippen LogP contribution in [0.5, 0.6) is 0 Å². The second-order valence-corrected chi connectivity index (χ2v) is 4.32.